The molecule has 0 radical (unpaired) electrons. The fourth-order valence-electron chi connectivity index (χ4n) is 5.63. The zero-order valence-corrected chi connectivity index (χ0v) is 20.7. The Labute approximate surface area is 215 Å². The molecule has 3 aromatic rings. The highest BCUT2D eigenvalue weighted by Crippen LogP contribution is 2.46. The van der Waals surface area contributed by atoms with Gasteiger partial charge in [-0.15, -0.1) is 0 Å². The van der Waals surface area contributed by atoms with Crippen molar-refractivity contribution in [1.82, 2.24) is 14.8 Å². The molecule has 36 heavy (non-hydrogen) atoms. The summed E-state index contributed by atoms with van der Waals surface area (Å²) in [5.74, 6) is 1.77. The van der Waals surface area contributed by atoms with Gasteiger partial charge >= 0.3 is 0 Å². The Balaban J connectivity index is 1.12. The molecule has 0 unspecified atom stereocenters. The van der Waals surface area contributed by atoms with Crippen LogP contribution in [0.25, 0.3) is 21.9 Å². The molecule has 4 aliphatic rings. The Hall–Kier alpha value is -3.25. The number of aliphatic imine (C=N–C) groups is 1. The number of aromatic nitrogens is 1. The molecule has 3 fully saturated rings. The molecule has 1 saturated heterocycles. The number of rotatable bonds is 5. The molecular formula is C29H27ClN4O2. The van der Waals surface area contributed by atoms with Crippen molar-refractivity contribution < 1.29 is 9.59 Å². The molecule has 1 aromatic heterocycles. The minimum absolute atomic E-state index is 0.133. The molecule has 2 aromatic carbocycles. The van der Waals surface area contributed by atoms with E-state index in [2.05, 4.69) is 47.4 Å². The maximum atomic E-state index is 13.3. The molecule has 7 rings (SSSR count). The van der Waals surface area contributed by atoms with E-state index in [1.165, 1.54) is 0 Å². The molecule has 0 N–H and O–H groups in total. The van der Waals surface area contributed by atoms with Gasteiger partial charge in [0.25, 0.3) is 5.91 Å². The molecule has 1 spiro atoms. The maximum absolute atomic E-state index is 13.3. The summed E-state index contributed by atoms with van der Waals surface area (Å²) in [6.45, 7) is 2.19. The predicted octanol–water partition coefficient (Wildman–Crippen LogP) is 4.94. The number of carbonyl (C=O) groups excluding carboxylic acids is 2. The van der Waals surface area contributed by atoms with Gasteiger partial charge in [0, 0.05) is 42.7 Å². The van der Waals surface area contributed by atoms with E-state index in [9.17, 15) is 9.59 Å². The average Bonchev–Trinajstić information content (AvgIpc) is 3.82. The highest BCUT2D eigenvalue weighted by atomic mass is 35.5. The van der Waals surface area contributed by atoms with E-state index < -0.39 is 5.54 Å². The number of amides is 2. The highest BCUT2D eigenvalue weighted by molar-refractivity contribution is 6.30. The fraction of sp³-hybridized carbons (Fsp3) is 0.379. The van der Waals surface area contributed by atoms with Crippen LogP contribution in [0.5, 0.6) is 0 Å². The van der Waals surface area contributed by atoms with Gasteiger partial charge in [-0.05, 0) is 66.7 Å². The fourth-order valence-corrected chi connectivity index (χ4v) is 5.79. The summed E-state index contributed by atoms with van der Waals surface area (Å²) in [5, 5.41) is 2.58. The van der Waals surface area contributed by atoms with Crippen molar-refractivity contribution >= 4 is 40.0 Å². The molecule has 1 atom stereocenters. The maximum Gasteiger partial charge on any atom is 0.256 e. The third-order valence-corrected chi connectivity index (χ3v) is 8.28. The smallest absolute Gasteiger partial charge is 0.256 e. The SMILES string of the molecule is O=C(C1CC1)N1CC[C@@H](CN2C(=O)C3(CC3)N=C2c2ccc(-c3ccc4cnc(Cl)cc4c3)cc2)C1. The molecule has 7 heteroatoms. The van der Waals surface area contributed by atoms with E-state index in [-0.39, 0.29) is 11.8 Å². The summed E-state index contributed by atoms with van der Waals surface area (Å²) in [7, 11) is 0. The van der Waals surface area contributed by atoms with Crippen LogP contribution in [0.2, 0.25) is 5.15 Å². The number of carbonyl (C=O) groups is 2. The molecule has 2 aliphatic heterocycles. The van der Waals surface area contributed by atoms with E-state index in [0.717, 1.165) is 78.5 Å². The first-order chi connectivity index (χ1) is 17.5. The zero-order chi connectivity index (χ0) is 24.4. The van der Waals surface area contributed by atoms with Gasteiger partial charge < -0.3 is 4.90 Å². The average molecular weight is 499 g/mol. The summed E-state index contributed by atoms with van der Waals surface area (Å²) in [4.78, 5) is 38.9. The van der Waals surface area contributed by atoms with Crippen molar-refractivity contribution in [2.45, 2.75) is 37.6 Å². The molecule has 182 valence electrons. The molecule has 2 aliphatic carbocycles. The number of likely N-dealkylation sites (tertiary alicyclic amines) is 1. The number of benzene rings is 2. The van der Waals surface area contributed by atoms with Gasteiger partial charge in [0.1, 0.15) is 16.5 Å². The van der Waals surface area contributed by atoms with Crippen LogP contribution in [0.3, 0.4) is 0 Å². The first-order valence-electron chi connectivity index (χ1n) is 12.9. The van der Waals surface area contributed by atoms with Crippen LogP contribution >= 0.6 is 11.6 Å². The Bertz CT molecular complexity index is 1420. The minimum atomic E-state index is -0.540. The van der Waals surface area contributed by atoms with Crippen LogP contribution in [-0.2, 0) is 9.59 Å². The molecule has 2 saturated carbocycles. The van der Waals surface area contributed by atoms with Crippen LogP contribution in [-0.4, -0.2) is 57.6 Å². The summed E-state index contributed by atoms with van der Waals surface area (Å²) < 4.78 is 0. The molecule has 2 amide bonds. The second-order valence-electron chi connectivity index (χ2n) is 10.7. The standard InChI is InChI=1S/C29H27ClN4O2/c30-25-14-24-13-22(7-8-23(24)15-31-25)19-1-3-20(4-2-19)26-32-29(10-11-29)28(36)34(26)17-18-9-12-33(16-18)27(35)21-5-6-21/h1-4,7-8,13-15,18,21H,5-6,9-12,16-17H2/t18-/m1/s1. The summed E-state index contributed by atoms with van der Waals surface area (Å²) in [6, 6.07) is 16.5. The molecular weight excluding hydrogens is 472 g/mol. The summed E-state index contributed by atoms with van der Waals surface area (Å²) >= 11 is 6.09. The number of fused-ring (bicyclic) bond motifs is 1. The van der Waals surface area contributed by atoms with Gasteiger partial charge in [-0.25, -0.2) is 4.98 Å². The van der Waals surface area contributed by atoms with Crippen LogP contribution in [0, 0.1) is 11.8 Å². The van der Waals surface area contributed by atoms with Gasteiger partial charge in [-0.3, -0.25) is 19.5 Å². The number of hydrogen-bond acceptors (Lipinski definition) is 4. The predicted molar refractivity (Wildman–Crippen MR) is 140 cm³/mol. The molecule has 3 heterocycles. The number of nitrogens with zero attached hydrogens (tertiary/aromatic N) is 4. The lowest BCUT2D eigenvalue weighted by atomic mass is 10.0. The monoisotopic (exact) mass is 498 g/mol. The van der Waals surface area contributed by atoms with Gasteiger partial charge in [0.05, 0.1) is 0 Å². The summed E-state index contributed by atoms with van der Waals surface area (Å²) in [6.07, 6.45) is 6.45. The van der Waals surface area contributed by atoms with Crippen molar-refractivity contribution in [2.75, 3.05) is 19.6 Å². The van der Waals surface area contributed by atoms with Gasteiger partial charge in [-0.1, -0.05) is 48.0 Å². The van der Waals surface area contributed by atoms with Crippen molar-refractivity contribution in [3.63, 3.8) is 0 Å². The number of pyridine rings is 1. The van der Waals surface area contributed by atoms with E-state index in [4.69, 9.17) is 16.6 Å². The number of halogens is 1. The van der Waals surface area contributed by atoms with Crippen LogP contribution < -0.4 is 0 Å². The number of hydrogen-bond donors (Lipinski definition) is 0. The van der Waals surface area contributed by atoms with E-state index >= 15 is 0 Å². The van der Waals surface area contributed by atoms with Gasteiger partial charge in [-0.2, -0.15) is 0 Å². The Morgan fingerprint density at radius 2 is 1.72 bits per heavy atom. The van der Waals surface area contributed by atoms with Crippen molar-refractivity contribution in [2.24, 2.45) is 16.8 Å². The largest absolute Gasteiger partial charge is 0.342 e. The van der Waals surface area contributed by atoms with Crippen molar-refractivity contribution in [1.29, 1.82) is 0 Å². The second-order valence-corrected chi connectivity index (χ2v) is 11.1. The number of amidine groups is 1. The van der Waals surface area contributed by atoms with Crippen LogP contribution in [0.1, 0.15) is 37.7 Å². The Kier molecular flexibility index (Phi) is 4.97. The zero-order valence-electron chi connectivity index (χ0n) is 20.0. The quantitative estimate of drug-likeness (QED) is 0.468. The Morgan fingerprint density at radius 1 is 0.972 bits per heavy atom. The minimum Gasteiger partial charge on any atom is -0.342 e. The van der Waals surface area contributed by atoms with Crippen LogP contribution in [0.15, 0.2) is 59.7 Å². The third kappa shape index (κ3) is 3.79. The van der Waals surface area contributed by atoms with Crippen molar-refractivity contribution in [3.05, 3.63) is 65.4 Å². The lowest BCUT2D eigenvalue weighted by Crippen LogP contribution is -2.40. The van der Waals surface area contributed by atoms with Gasteiger partial charge in [0.15, 0.2) is 0 Å². The van der Waals surface area contributed by atoms with E-state index in [1.807, 2.05) is 15.9 Å². The first kappa shape index (κ1) is 22.0. The highest BCUT2D eigenvalue weighted by Gasteiger charge is 2.57. The lowest BCUT2D eigenvalue weighted by Gasteiger charge is -2.23. The molecule has 0 bridgehead atoms. The molecule has 6 nitrogen and oxygen atoms in total. The Morgan fingerprint density at radius 3 is 2.47 bits per heavy atom. The van der Waals surface area contributed by atoms with Crippen LogP contribution in [0.4, 0.5) is 0 Å². The van der Waals surface area contributed by atoms with Gasteiger partial charge in [0.2, 0.25) is 5.91 Å². The third-order valence-electron chi connectivity index (χ3n) is 8.07. The van der Waals surface area contributed by atoms with E-state index in [1.54, 1.807) is 6.20 Å². The topological polar surface area (TPSA) is 65.9 Å². The lowest BCUT2D eigenvalue weighted by molar-refractivity contribution is -0.131. The second kappa shape index (κ2) is 8.13. The summed E-state index contributed by atoms with van der Waals surface area (Å²) in [5.41, 5.74) is 2.62. The normalized spacial score (nSPS) is 22.5. The first-order valence-corrected chi connectivity index (χ1v) is 13.2. The van der Waals surface area contributed by atoms with Crippen molar-refractivity contribution in [3.8, 4) is 11.1 Å². The van der Waals surface area contributed by atoms with E-state index in [0.29, 0.717) is 23.5 Å².